The van der Waals surface area contributed by atoms with Gasteiger partial charge in [0.15, 0.2) is 0 Å². The lowest BCUT2D eigenvalue weighted by atomic mass is 9.84. The van der Waals surface area contributed by atoms with Gasteiger partial charge in [-0.3, -0.25) is 19.3 Å². The summed E-state index contributed by atoms with van der Waals surface area (Å²) in [6, 6.07) is 19.4. The fraction of sp³-hybridized carbons (Fsp3) is 0.273. The molecule has 0 aromatic heterocycles. The van der Waals surface area contributed by atoms with Crippen molar-refractivity contribution in [1.82, 2.24) is 5.32 Å². The summed E-state index contributed by atoms with van der Waals surface area (Å²) in [4.78, 5) is 43.0. The number of ether oxygens (including phenoxy) is 1. The van der Waals surface area contributed by atoms with E-state index in [1.165, 1.54) is 60.1 Å². The molecule has 0 unspecified atom stereocenters. The number of anilines is 1. The third kappa shape index (κ3) is 7.52. The van der Waals surface area contributed by atoms with Crippen molar-refractivity contribution in [3.63, 3.8) is 0 Å². The normalized spacial score (nSPS) is 16.6. The van der Waals surface area contributed by atoms with Crippen LogP contribution in [0.1, 0.15) is 71.5 Å². The zero-order valence-corrected chi connectivity index (χ0v) is 23.6. The second kappa shape index (κ2) is 13.2. The number of nitrogens with zero attached hydrogens (tertiary/aromatic N) is 2. The maximum atomic E-state index is 13.7. The molecular weight excluding hydrogens is 575 g/mol. The van der Waals surface area contributed by atoms with E-state index in [1.807, 2.05) is 12.1 Å². The molecule has 0 radical (unpaired) electrons. The minimum absolute atomic E-state index is 0.0222. The maximum absolute atomic E-state index is 13.7. The van der Waals surface area contributed by atoms with Crippen LogP contribution in [0, 0.1) is 0 Å². The number of aliphatic carboxylic acids is 1. The molecule has 2 aliphatic rings. The summed E-state index contributed by atoms with van der Waals surface area (Å²) in [5, 5.41) is 11.3. The highest BCUT2D eigenvalue weighted by molar-refractivity contribution is 6.33. The molecule has 1 saturated carbocycles. The number of amides is 2. The first-order chi connectivity index (χ1) is 21.1. The van der Waals surface area contributed by atoms with E-state index in [2.05, 4.69) is 27.2 Å². The lowest BCUT2D eigenvalue weighted by Crippen LogP contribution is -2.32. The molecule has 3 aromatic rings. The van der Waals surface area contributed by atoms with Crippen LogP contribution >= 0.6 is 0 Å². The fourth-order valence-corrected chi connectivity index (χ4v) is 5.36. The molecule has 2 N–H and O–H groups in total. The highest BCUT2D eigenvalue weighted by atomic mass is 19.4. The lowest BCUT2D eigenvalue weighted by molar-refractivity contribution is -0.274. The first-order valence-electron chi connectivity index (χ1n) is 14.3. The van der Waals surface area contributed by atoms with Gasteiger partial charge in [0.2, 0.25) is 0 Å². The number of amidine groups is 1. The summed E-state index contributed by atoms with van der Waals surface area (Å²) in [7, 11) is 0. The van der Waals surface area contributed by atoms with Gasteiger partial charge in [0, 0.05) is 17.7 Å². The van der Waals surface area contributed by atoms with Gasteiger partial charge in [0.25, 0.3) is 11.8 Å². The number of carbonyl (C=O) groups is 3. The minimum Gasteiger partial charge on any atom is -0.481 e. The number of hydrogen-bond acceptors (Lipinski definition) is 5. The number of rotatable bonds is 9. The lowest BCUT2D eigenvalue weighted by Gasteiger charge is -2.23. The van der Waals surface area contributed by atoms with Gasteiger partial charge >= 0.3 is 12.3 Å². The van der Waals surface area contributed by atoms with Crippen molar-refractivity contribution in [2.75, 3.05) is 11.4 Å². The van der Waals surface area contributed by atoms with Crippen LogP contribution in [0.4, 0.5) is 18.9 Å². The summed E-state index contributed by atoms with van der Waals surface area (Å²) in [5.41, 5.74) is 3.21. The number of carboxylic acids is 1. The van der Waals surface area contributed by atoms with Crippen LogP contribution in [0.5, 0.6) is 5.75 Å². The van der Waals surface area contributed by atoms with E-state index in [4.69, 9.17) is 5.11 Å². The van der Waals surface area contributed by atoms with Gasteiger partial charge in [-0.15, -0.1) is 13.2 Å². The smallest absolute Gasteiger partial charge is 0.481 e. The Morgan fingerprint density at radius 3 is 2.23 bits per heavy atom. The van der Waals surface area contributed by atoms with Crippen molar-refractivity contribution < 1.29 is 37.4 Å². The monoisotopic (exact) mass is 605 g/mol. The second-order valence-electron chi connectivity index (χ2n) is 10.6. The molecule has 2 amide bonds. The number of aliphatic imine (C=N–C) groups is 1. The zero-order chi connectivity index (χ0) is 31.3. The Morgan fingerprint density at radius 2 is 1.61 bits per heavy atom. The van der Waals surface area contributed by atoms with Crippen LogP contribution in [0.15, 0.2) is 83.5 Å². The average molecular weight is 606 g/mol. The highest BCUT2D eigenvalue weighted by Crippen LogP contribution is 2.34. The zero-order valence-electron chi connectivity index (χ0n) is 23.6. The van der Waals surface area contributed by atoms with Gasteiger partial charge in [0.1, 0.15) is 17.3 Å². The number of carboxylic acid groups (broad SMARTS) is 1. The van der Waals surface area contributed by atoms with Crippen molar-refractivity contribution in [2.24, 2.45) is 4.99 Å². The van der Waals surface area contributed by atoms with Crippen molar-refractivity contribution >= 4 is 35.4 Å². The van der Waals surface area contributed by atoms with Crippen LogP contribution in [-0.4, -0.2) is 41.6 Å². The van der Waals surface area contributed by atoms with E-state index < -0.39 is 24.1 Å². The maximum Gasteiger partial charge on any atom is 0.573 e. The quantitative estimate of drug-likeness (QED) is 0.265. The number of halogens is 3. The van der Waals surface area contributed by atoms with Gasteiger partial charge in [-0.05, 0) is 72.4 Å². The summed E-state index contributed by atoms with van der Waals surface area (Å²) in [5.74, 6) is -1.45. The molecule has 0 atom stereocenters. The molecule has 0 spiro atoms. The summed E-state index contributed by atoms with van der Waals surface area (Å²) < 4.78 is 41.6. The molecule has 1 aliphatic heterocycles. The first-order valence-corrected chi connectivity index (χ1v) is 14.3. The third-order valence-corrected chi connectivity index (χ3v) is 7.54. The van der Waals surface area contributed by atoms with E-state index in [1.54, 1.807) is 12.1 Å². The Hall–Kier alpha value is -4.93. The molecule has 8 nitrogen and oxygen atoms in total. The molecule has 1 fully saturated rings. The van der Waals surface area contributed by atoms with E-state index >= 15 is 0 Å². The van der Waals surface area contributed by atoms with Crippen LogP contribution in [0.25, 0.3) is 6.08 Å². The molecule has 1 aliphatic carbocycles. The van der Waals surface area contributed by atoms with Crippen molar-refractivity contribution in [3.05, 3.63) is 101 Å². The Labute approximate surface area is 251 Å². The van der Waals surface area contributed by atoms with E-state index in [0.717, 1.165) is 25.0 Å². The number of carbonyl (C=O) groups excluding carboxylic acids is 2. The second-order valence-corrected chi connectivity index (χ2v) is 10.6. The van der Waals surface area contributed by atoms with Crippen molar-refractivity contribution in [3.8, 4) is 5.75 Å². The number of alkyl halides is 3. The summed E-state index contributed by atoms with van der Waals surface area (Å²) >= 11 is 0. The van der Waals surface area contributed by atoms with Crippen LogP contribution < -0.4 is 15.0 Å². The molecule has 44 heavy (non-hydrogen) atoms. The van der Waals surface area contributed by atoms with Crippen LogP contribution in [-0.2, 0) is 9.59 Å². The fourth-order valence-electron chi connectivity index (χ4n) is 5.36. The Morgan fingerprint density at radius 1 is 0.955 bits per heavy atom. The van der Waals surface area contributed by atoms with E-state index in [-0.39, 0.29) is 30.0 Å². The number of benzene rings is 3. The average Bonchev–Trinajstić information content (AvgIpc) is 3.33. The molecule has 1 heterocycles. The third-order valence-electron chi connectivity index (χ3n) is 7.54. The molecule has 3 aromatic carbocycles. The predicted octanol–water partition coefficient (Wildman–Crippen LogP) is 6.67. The number of nitrogens with one attached hydrogen (secondary N) is 1. The van der Waals surface area contributed by atoms with Gasteiger partial charge in [0.05, 0.1) is 12.1 Å². The molecule has 11 heteroatoms. The van der Waals surface area contributed by atoms with Crippen molar-refractivity contribution in [1.29, 1.82) is 0 Å². The highest BCUT2D eigenvalue weighted by Gasteiger charge is 2.33. The largest absolute Gasteiger partial charge is 0.573 e. The predicted molar refractivity (Wildman–Crippen MR) is 158 cm³/mol. The van der Waals surface area contributed by atoms with E-state index in [9.17, 15) is 27.6 Å². The van der Waals surface area contributed by atoms with Gasteiger partial charge in [-0.2, -0.15) is 0 Å². The van der Waals surface area contributed by atoms with Gasteiger partial charge in [-0.1, -0.05) is 55.7 Å². The standard InChI is InChI=1S/C33H30F3N3O5/c34-33(35,36)44-27-16-6-21(7-17-27)20-28-32(43)39(26-14-12-25(13-15-26)31(42)37-19-18-29(40)41)30(38-28)24-10-8-23(9-11-24)22-4-2-1-3-5-22/h6-17,20,22H,1-5,18-19H2,(H,37,42)(H,40,41). The topological polar surface area (TPSA) is 108 Å². The first kappa shape index (κ1) is 30.5. The van der Waals surface area contributed by atoms with Crippen LogP contribution in [0.2, 0.25) is 0 Å². The van der Waals surface area contributed by atoms with Gasteiger partial charge < -0.3 is 15.2 Å². The summed E-state index contributed by atoms with van der Waals surface area (Å²) in [6.07, 6.45) is 2.39. The van der Waals surface area contributed by atoms with Gasteiger partial charge in [-0.25, -0.2) is 4.99 Å². The minimum atomic E-state index is -4.82. The summed E-state index contributed by atoms with van der Waals surface area (Å²) in [6.45, 7) is -0.0222. The Bertz CT molecular complexity index is 1570. The molecule has 0 bridgehead atoms. The van der Waals surface area contributed by atoms with Crippen LogP contribution in [0.3, 0.4) is 0 Å². The number of hydrogen-bond donors (Lipinski definition) is 2. The Balaban J connectivity index is 1.43. The SMILES string of the molecule is O=C(O)CCNC(=O)c1ccc(N2C(=O)C(=Cc3ccc(OC(F)(F)F)cc3)N=C2c2ccc(C3CCCCC3)cc2)cc1. The molecule has 5 rings (SSSR count). The molecular formula is C33H30F3N3O5. The molecule has 0 saturated heterocycles. The van der Waals surface area contributed by atoms with E-state index in [0.29, 0.717) is 28.6 Å². The Kier molecular flexibility index (Phi) is 9.12. The van der Waals surface area contributed by atoms with Crippen molar-refractivity contribution in [2.45, 2.75) is 50.8 Å². The molecule has 228 valence electrons.